The maximum atomic E-state index is 15.4. The molecule has 0 radical (unpaired) electrons. The number of rotatable bonds is 9. The molecule has 0 aliphatic heterocycles. The molecule has 1 unspecified atom stereocenters. The van der Waals surface area contributed by atoms with Crippen LogP contribution in [0.4, 0.5) is 27.6 Å². The lowest BCUT2D eigenvalue weighted by atomic mass is 9.80. The SMILES string of the molecule is CCCCC1CCc2cc(C(F)(F)Oc3ccc(C#Cc4ccc(C#Cc5cc(F)c(N=C=S)c(F)c5)c(CC)c4)c(CC)c3)c(F)cc2C1. The summed E-state index contributed by atoms with van der Waals surface area (Å²) in [6.45, 7) is 5.98. The molecule has 0 saturated carbocycles. The number of aliphatic imine (C=N–C) groups is 1. The van der Waals surface area contributed by atoms with E-state index in [0.717, 1.165) is 54.5 Å². The highest BCUT2D eigenvalue weighted by molar-refractivity contribution is 7.78. The maximum absolute atomic E-state index is 15.4. The van der Waals surface area contributed by atoms with Gasteiger partial charge in [0, 0.05) is 22.3 Å². The number of halogens is 5. The van der Waals surface area contributed by atoms with Gasteiger partial charge >= 0.3 is 6.11 Å². The summed E-state index contributed by atoms with van der Waals surface area (Å²) >= 11 is 4.44. The summed E-state index contributed by atoms with van der Waals surface area (Å²) in [4.78, 5) is 3.41. The van der Waals surface area contributed by atoms with Crippen LogP contribution < -0.4 is 4.74 Å². The Balaban J connectivity index is 1.32. The van der Waals surface area contributed by atoms with E-state index in [9.17, 15) is 8.78 Å². The molecule has 0 saturated heterocycles. The van der Waals surface area contributed by atoms with Crippen LogP contribution in [0.15, 0.2) is 65.7 Å². The summed E-state index contributed by atoms with van der Waals surface area (Å²) in [6, 6.07) is 14.7. The fourth-order valence-electron chi connectivity index (χ4n) is 6.22. The number of ether oxygens (including phenoxy) is 1. The molecule has 0 bridgehead atoms. The first-order chi connectivity index (χ1) is 24.0. The first-order valence-corrected chi connectivity index (χ1v) is 17.2. The summed E-state index contributed by atoms with van der Waals surface area (Å²) in [5, 5.41) is 1.96. The third-order valence-electron chi connectivity index (χ3n) is 8.95. The van der Waals surface area contributed by atoms with E-state index < -0.39 is 34.8 Å². The van der Waals surface area contributed by atoms with Crippen molar-refractivity contribution < 1.29 is 26.7 Å². The van der Waals surface area contributed by atoms with Gasteiger partial charge in [0.15, 0.2) is 11.6 Å². The van der Waals surface area contributed by atoms with Crippen molar-refractivity contribution in [2.45, 2.75) is 78.2 Å². The normalized spacial score (nSPS) is 13.6. The molecule has 0 amide bonds. The lowest BCUT2D eigenvalue weighted by Gasteiger charge is -2.27. The third kappa shape index (κ3) is 8.69. The van der Waals surface area contributed by atoms with Gasteiger partial charge in [-0.2, -0.15) is 13.8 Å². The van der Waals surface area contributed by atoms with E-state index in [4.69, 9.17) is 4.74 Å². The predicted molar refractivity (Wildman–Crippen MR) is 191 cm³/mol. The van der Waals surface area contributed by atoms with E-state index in [2.05, 4.69) is 47.8 Å². The van der Waals surface area contributed by atoms with Crippen LogP contribution in [0.25, 0.3) is 0 Å². The van der Waals surface area contributed by atoms with Gasteiger partial charge in [0.1, 0.15) is 22.8 Å². The molecule has 0 fully saturated rings. The van der Waals surface area contributed by atoms with Crippen LogP contribution >= 0.6 is 12.2 Å². The molecule has 0 spiro atoms. The van der Waals surface area contributed by atoms with Crippen molar-refractivity contribution in [2.24, 2.45) is 10.9 Å². The third-order valence-corrected chi connectivity index (χ3v) is 9.04. The molecule has 256 valence electrons. The lowest BCUT2D eigenvalue weighted by Crippen LogP contribution is -2.25. The Morgan fingerprint density at radius 3 is 2.10 bits per heavy atom. The number of unbranched alkanes of at least 4 members (excludes halogenated alkanes) is 1. The van der Waals surface area contributed by atoms with Crippen LogP contribution in [-0.2, 0) is 31.8 Å². The standard InChI is InChI=1S/C42H36F5NOS/c1-4-7-8-27-11-16-34-24-37(38(43)25-35(34)20-27)42(46,47)49-36-18-17-33(31(6-3)23-36)14-10-28-9-13-32(30(5-2)19-28)15-12-29-21-39(44)41(48-26-50)40(45)22-29/h9,13,17-19,21-25,27H,4-8,11,16,20H2,1-3H3. The first-order valence-electron chi connectivity index (χ1n) is 16.8. The highest BCUT2D eigenvalue weighted by atomic mass is 32.1. The second-order valence-electron chi connectivity index (χ2n) is 12.4. The van der Waals surface area contributed by atoms with Crippen LogP contribution in [0.5, 0.6) is 5.75 Å². The lowest BCUT2D eigenvalue weighted by molar-refractivity contribution is -0.187. The van der Waals surface area contributed by atoms with Crippen molar-refractivity contribution in [3.63, 3.8) is 0 Å². The average Bonchev–Trinajstić information content (AvgIpc) is 3.10. The van der Waals surface area contributed by atoms with Crippen LogP contribution in [0.2, 0.25) is 0 Å². The van der Waals surface area contributed by atoms with Gasteiger partial charge in [-0.1, -0.05) is 63.7 Å². The van der Waals surface area contributed by atoms with Crippen molar-refractivity contribution >= 4 is 23.1 Å². The highest BCUT2D eigenvalue weighted by Gasteiger charge is 2.39. The Kier molecular flexibility index (Phi) is 11.9. The molecular weight excluding hydrogens is 662 g/mol. The minimum atomic E-state index is -3.86. The van der Waals surface area contributed by atoms with Gasteiger partial charge in [-0.3, -0.25) is 0 Å². The van der Waals surface area contributed by atoms with Crippen molar-refractivity contribution in [1.29, 1.82) is 0 Å². The zero-order chi connectivity index (χ0) is 35.8. The number of alkyl halides is 2. The maximum Gasteiger partial charge on any atom is 0.429 e. The quantitative estimate of drug-likeness (QED) is 0.0752. The average molecular weight is 698 g/mol. The number of hydrogen-bond donors (Lipinski definition) is 0. The Bertz CT molecular complexity index is 2050. The van der Waals surface area contributed by atoms with E-state index in [-0.39, 0.29) is 11.3 Å². The van der Waals surface area contributed by atoms with Crippen molar-refractivity contribution in [2.75, 3.05) is 0 Å². The molecule has 0 heterocycles. The summed E-state index contributed by atoms with van der Waals surface area (Å²) in [6.07, 6.45) is 2.84. The van der Waals surface area contributed by atoms with Gasteiger partial charge in [-0.05, 0) is 133 Å². The summed E-state index contributed by atoms with van der Waals surface area (Å²) in [5.74, 6) is 9.68. The van der Waals surface area contributed by atoms with Gasteiger partial charge < -0.3 is 4.74 Å². The topological polar surface area (TPSA) is 21.6 Å². The molecular formula is C42H36F5NOS. The Morgan fingerprint density at radius 2 is 1.44 bits per heavy atom. The minimum Gasteiger partial charge on any atom is -0.429 e. The Labute approximate surface area is 295 Å². The number of benzene rings is 4. The minimum absolute atomic E-state index is 0.0776. The van der Waals surface area contributed by atoms with Crippen LogP contribution in [-0.4, -0.2) is 5.16 Å². The molecule has 2 nitrogen and oxygen atoms in total. The number of fused-ring (bicyclic) bond motifs is 1. The Morgan fingerprint density at radius 1 is 0.780 bits per heavy atom. The Hall–Kier alpha value is -4.75. The van der Waals surface area contributed by atoms with Gasteiger partial charge in [0.2, 0.25) is 0 Å². The number of thiocarbonyl (C=S) groups is 1. The van der Waals surface area contributed by atoms with Gasteiger partial charge in [-0.25, -0.2) is 13.2 Å². The number of aryl methyl sites for hydroxylation is 3. The van der Waals surface area contributed by atoms with Crippen LogP contribution in [0.3, 0.4) is 0 Å². The zero-order valence-electron chi connectivity index (χ0n) is 28.2. The summed E-state index contributed by atoms with van der Waals surface area (Å²) in [7, 11) is 0. The van der Waals surface area contributed by atoms with E-state index >= 15 is 13.2 Å². The fourth-order valence-corrected chi connectivity index (χ4v) is 6.31. The van der Waals surface area contributed by atoms with E-state index in [1.165, 1.54) is 24.3 Å². The predicted octanol–water partition coefficient (Wildman–Crippen LogP) is 11.2. The molecule has 1 aliphatic carbocycles. The van der Waals surface area contributed by atoms with Gasteiger partial charge in [0.05, 0.1) is 5.16 Å². The van der Waals surface area contributed by atoms with Crippen molar-refractivity contribution in [3.8, 4) is 29.4 Å². The largest absolute Gasteiger partial charge is 0.429 e. The first kappa shape index (κ1) is 36.5. The highest BCUT2D eigenvalue weighted by Crippen LogP contribution is 2.38. The van der Waals surface area contributed by atoms with Gasteiger partial charge in [0.25, 0.3) is 0 Å². The summed E-state index contributed by atoms with van der Waals surface area (Å²) < 4.78 is 79.5. The monoisotopic (exact) mass is 697 g/mol. The number of isothiocyanates is 1. The molecule has 4 aromatic rings. The number of nitrogens with zero attached hydrogens (tertiary/aromatic N) is 1. The second-order valence-corrected chi connectivity index (χ2v) is 12.5. The van der Waals surface area contributed by atoms with Crippen LogP contribution in [0.1, 0.15) is 96.5 Å². The van der Waals surface area contributed by atoms with E-state index in [1.807, 2.05) is 25.1 Å². The number of hydrogen-bond acceptors (Lipinski definition) is 3. The molecule has 1 aliphatic rings. The fraction of sp³-hybridized carbons (Fsp3) is 0.310. The molecule has 50 heavy (non-hydrogen) atoms. The second kappa shape index (κ2) is 16.3. The zero-order valence-corrected chi connectivity index (χ0v) is 29.0. The molecule has 8 heteroatoms. The van der Waals surface area contributed by atoms with Crippen LogP contribution in [0, 0.1) is 47.1 Å². The molecule has 0 N–H and O–H groups in total. The smallest absolute Gasteiger partial charge is 0.429 e. The molecule has 0 aromatic heterocycles. The molecule has 1 atom stereocenters. The van der Waals surface area contributed by atoms with Crippen molar-refractivity contribution in [1.82, 2.24) is 0 Å². The summed E-state index contributed by atoms with van der Waals surface area (Å²) in [5.41, 5.74) is 4.09. The van der Waals surface area contributed by atoms with E-state index in [0.29, 0.717) is 53.9 Å². The molecule has 4 aromatic carbocycles. The van der Waals surface area contributed by atoms with Crippen molar-refractivity contribution in [3.05, 3.63) is 128 Å². The van der Waals surface area contributed by atoms with Gasteiger partial charge in [-0.15, -0.1) is 0 Å². The molecule has 5 rings (SSSR count). The van der Waals surface area contributed by atoms with E-state index in [1.54, 1.807) is 18.2 Å².